The van der Waals surface area contributed by atoms with Crippen molar-refractivity contribution in [2.45, 2.75) is 39.2 Å². The molecule has 3 aromatic carbocycles. The first kappa shape index (κ1) is 22.9. The Morgan fingerprint density at radius 1 is 0.879 bits per heavy atom. The molecular formula is C25H21F5O3. The summed E-state index contributed by atoms with van der Waals surface area (Å²) in [5, 5.41) is 0. The molecule has 0 unspecified atom stereocenters. The fourth-order valence-electron chi connectivity index (χ4n) is 3.73. The van der Waals surface area contributed by atoms with E-state index in [2.05, 4.69) is 0 Å². The van der Waals surface area contributed by atoms with E-state index < -0.39 is 34.9 Å². The van der Waals surface area contributed by atoms with Crippen LogP contribution in [0, 0.1) is 17.5 Å². The Morgan fingerprint density at radius 2 is 1.58 bits per heavy atom. The van der Waals surface area contributed by atoms with Gasteiger partial charge in [-0.3, -0.25) is 0 Å². The van der Waals surface area contributed by atoms with Crippen molar-refractivity contribution in [1.82, 2.24) is 0 Å². The highest BCUT2D eigenvalue weighted by Gasteiger charge is 2.41. The Balaban J connectivity index is 1.67. The Morgan fingerprint density at radius 3 is 2.24 bits per heavy atom. The molecule has 0 atom stereocenters. The van der Waals surface area contributed by atoms with Crippen molar-refractivity contribution in [3.8, 4) is 23.0 Å². The summed E-state index contributed by atoms with van der Waals surface area (Å²) in [5.74, 6) is -5.61. The standard InChI is InChI=1S/C25H21F5O3/c1-3-5-14-6-9-17(10-7-14)33-25(29,30)18-13-16-12-15-8-11-19(31-4-2)21(27)23(15)32-24(16)22(28)20(18)26/h6-11,13H,3-5,12H2,1-2H3. The first-order chi connectivity index (χ1) is 15.7. The van der Waals surface area contributed by atoms with Crippen molar-refractivity contribution < 1.29 is 36.2 Å². The molecular weight excluding hydrogens is 443 g/mol. The Kier molecular flexibility index (Phi) is 6.19. The van der Waals surface area contributed by atoms with E-state index in [1.54, 1.807) is 19.1 Å². The molecule has 0 aliphatic carbocycles. The third-order valence-electron chi connectivity index (χ3n) is 5.29. The van der Waals surface area contributed by atoms with Crippen LogP contribution in [-0.4, -0.2) is 6.61 Å². The van der Waals surface area contributed by atoms with Gasteiger partial charge in [0.1, 0.15) is 11.3 Å². The number of aryl methyl sites for hydroxylation is 1. The molecule has 8 heteroatoms. The molecule has 0 amide bonds. The summed E-state index contributed by atoms with van der Waals surface area (Å²) in [6.07, 6.45) is -2.63. The quantitative estimate of drug-likeness (QED) is 0.269. The molecule has 33 heavy (non-hydrogen) atoms. The van der Waals surface area contributed by atoms with Crippen molar-refractivity contribution in [3.05, 3.63) is 82.2 Å². The van der Waals surface area contributed by atoms with E-state index in [1.165, 1.54) is 24.3 Å². The monoisotopic (exact) mass is 464 g/mol. The average molecular weight is 464 g/mol. The molecule has 3 nitrogen and oxygen atoms in total. The largest absolute Gasteiger partial charge is 0.491 e. The number of alkyl halides is 2. The second kappa shape index (κ2) is 8.92. The predicted molar refractivity (Wildman–Crippen MR) is 112 cm³/mol. The van der Waals surface area contributed by atoms with Gasteiger partial charge in [-0.05, 0) is 43.2 Å². The van der Waals surface area contributed by atoms with Crippen molar-refractivity contribution in [3.63, 3.8) is 0 Å². The zero-order valence-electron chi connectivity index (χ0n) is 18.0. The summed E-state index contributed by atoms with van der Waals surface area (Å²) in [5.41, 5.74) is -0.0951. The van der Waals surface area contributed by atoms with Gasteiger partial charge in [0.25, 0.3) is 0 Å². The average Bonchev–Trinajstić information content (AvgIpc) is 2.79. The number of halogens is 5. The van der Waals surface area contributed by atoms with Gasteiger partial charge in [0.15, 0.2) is 23.1 Å². The van der Waals surface area contributed by atoms with Crippen LogP contribution < -0.4 is 14.2 Å². The predicted octanol–water partition coefficient (Wildman–Crippen LogP) is 7.28. The molecule has 0 saturated heterocycles. The van der Waals surface area contributed by atoms with Crippen LogP contribution in [0.5, 0.6) is 23.0 Å². The van der Waals surface area contributed by atoms with Crippen LogP contribution in [0.3, 0.4) is 0 Å². The first-order valence-electron chi connectivity index (χ1n) is 10.5. The maximum absolute atomic E-state index is 14.9. The van der Waals surface area contributed by atoms with Crippen LogP contribution >= 0.6 is 0 Å². The lowest BCUT2D eigenvalue weighted by molar-refractivity contribution is -0.187. The SMILES string of the molecule is CCCc1ccc(OC(F)(F)c2cc3c(c(F)c2F)Oc2c(ccc(OCC)c2F)C3)cc1. The molecule has 4 rings (SSSR count). The minimum atomic E-state index is -4.16. The van der Waals surface area contributed by atoms with E-state index in [-0.39, 0.29) is 41.4 Å². The van der Waals surface area contributed by atoms with Gasteiger partial charge in [-0.15, -0.1) is 0 Å². The van der Waals surface area contributed by atoms with E-state index in [0.29, 0.717) is 0 Å². The number of hydrogen-bond donors (Lipinski definition) is 0. The van der Waals surface area contributed by atoms with Gasteiger partial charge in [0.2, 0.25) is 11.6 Å². The van der Waals surface area contributed by atoms with Gasteiger partial charge in [-0.25, -0.2) is 4.39 Å². The molecule has 0 saturated carbocycles. The van der Waals surface area contributed by atoms with Gasteiger partial charge in [-0.1, -0.05) is 31.5 Å². The fraction of sp³-hybridized carbons (Fsp3) is 0.280. The summed E-state index contributed by atoms with van der Waals surface area (Å²) < 4.78 is 89.0. The molecule has 0 aromatic heterocycles. The Hall–Kier alpha value is -3.29. The molecule has 1 heterocycles. The topological polar surface area (TPSA) is 27.7 Å². The lowest BCUT2D eigenvalue weighted by atomic mass is 9.97. The number of fused-ring (bicyclic) bond motifs is 2. The van der Waals surface area contributed by atoms with E-state index in [4.69, 9.17) is 14.2 Å². The van der Waals surface area contributed by atoms with Gasteiger partial charge < -0.3 is 14.2 Å². The summed E-state index contributed by atoms with van der Waals surface area (Å²) in [6, 6.07) is 9.61. The maximum Gasteiger partial charge on any atom is 0.429 e. The van der Waals surface area contributed by atoms with Crippen molar-refractivity contribution >= 4 is 0 Å². The van der Waals surface area contributed by atoms with Crippen molar-refractivity contribution in [2.24, 2.45) is 0 Å². The van der Waals surface area contributed by atoms with Crippen LogP contribution in [0.25, 0.3) is 0 Å². The van der Waals surface area contributed by atoms with Gasteiger partial charge in [0, 0.05) is 17.5 Å². The second-order valence-corrected chi connectivity index (χ2v) is 7.63. The first-order valence-corrected chi connectivity index (χ1v) is 10.5. The normalized spacial score (nSPS) is 12.6. The summed E-state index contributed by atoms with van der Waals surface area (Å²) in [6.45, 7) is 3.84. The summed E-state index contributed by atoms with van der Waals surface area (Å²) in [4.78, 5) is 0. The lowest BCUT2D eigenvalue weighted by Crippen LogP contribution is -2.25. The van der Waals surface area contributed by atoms with E-state index in [0.717, 1.165) is 24.5 Å². The van der Waals surface area contributed by atoms with Crippen molar-refractivity contribution in [1.29, 1.82) is 0 Å². The summed E-state index contributed by atoms with van der Waals surface area (Å²) >= 11 is 0. The van der Waals surface area contributed by atoms with Gasteiger partial charge in [-0.2, -0.15) is 17.6 Å². The molecule has 174 valence electrons. The molecule has 0 bridgehead atoms. The third kappa shape index (κ3) is 4.34. The van der Waals surface area contributed by atoms with Crippen LogP contribution in [0.2, 0.25) is 0 Å². The molecule has 0 N–H and O–H groups in total. The highest BCUT2D eigenvalue weighted by molar-refractivity contribution is 5.55. The van der Waals surface area contributed by atoms with Gasteiger partial charge >= 0.3 is 6.11 Å². The van der Waals surface area contributed by atoms with E-state index >= 15 is 0 Å². The smallest absolute Gasteiger partial charge is 0.429 e. The van der Waals surface area contributed by atoms with E-state index in [9.17, 15) is 22.0 Å². The second-order valence-electron chi connectivity index (χ2n) is 7.63. The fourth-order valence-corrected chi connectivity index (χ4v) is 3.73. The molecule has 0 radical (unpaired) electrons. The summed E-state index contributed by atoms with van der Waals surface area (Å²) in [7, 11) is 0. The number of benzene rings is 3. The minimum Gasteiger partial charge on any atom is -0.491 e. The molecule has 0 fully saturated rings. The van der Waals surface area contributed by atoms with Crippen molar-refractivity contribution in [2.75, 3.05) is 6.61 Å². The van der Waals surface area contributed by atoms with Crippen LogP contribution in [0.1, 0.15) is 42.5 Å². The molecule has 1 aliphatic rings. The lowest BCUT2D eigenvalue weighted by Gasteiger charge is -2.25. The van der Waals surface area contributed by atoms with Gasteiger partial charge in [0.05, 0.1) is 6.61 Å². The number of rotatable bonds is 7. The zero-order chi connectivity index (χ0) is 23.8. The molecule has 0 spiro atoms. The zero-order valence-corrected chi connectivity index (χ0v) is 18.0. The minimum absolute atomic E-state index is 0.0541. The third-order valence-corrected chi connectivity index (χ3v) is 5.29. The highest BCUT2D eigenvalue weighted by atomic mass is 19.3. The maximum atomic E-state index is 14.9. The Labute approximate surface area is 187 Å². The highest BCUT2D eigenvalue weighted by Crippen LogP contribution is 2.45. The van der Waals surface area contributed by atoms with E-state index in [1.807, 2.05) is 6.92 Å². The molecule has 1 aliphatic heterocycles. The van der Waals surface area contributed by atoms with Crippen LogP contribution in [-0.2, 0) is 19.0 Å². The number of hydrogen-bond acceptors (Lipinski definition) is 3. The Bertz CT molecular complexity index is 1180. The molecule has 3 aromatic rings. The van der Waals surface area contributed by atoms with Crippen LogP contribution in [0.15, 0.2) is 42.5 Å². The number of ether oxygens (including phenoxy) is 3. The van der Waals surface area contributed by atoms with Crippen LogP contribution in [0.4, 0.5) is 22.0 Å².